The van der Waals surface area contributed by atoms with Gasteiger partial charge in [0.25, 0.3) is 5.91 Å². The van der Waals surface area contributed by atoms with Gasteiger partial charge < -0.3 is 19.6 Å². The number of aliphatic hydroxyl groups excluding tert-OH is 1. The third-order valence-corrected chi connectivity index (χ3v) is 9.37. The second-order valence-corrected chi connectivity index (χ2v) is 12.0. The van der Waals surface area contributed by atoms with Crippen LogP contribution in [0.3, 0.4) is 0 Å². The molecule has 6 heteroatoms. The molecule has 3 aromatic rings. The fourth-order valence-electron chi connectivity index (χ4n) is 7.11. The molecule has 0 spiro atoms. The molecule has 0 aromatic heterocycles. The number of aliphatic hydroxyl groups is 1. The second-order valence-electron chi connectivity index (χ2n) is 12.0. The molecule has 1 unspecified atom stereocenters. The Bertz CT molecular complexity index is 1380. The van der Waals surface area contributed by atoms with Gasteiger partial charge in [0.1, 0.15) is 5.75 Å². The Hall–Kier alpha value is -3.22. The Labute approximate surface area is 230 Å². The number of esters is 1. The zero-order valence-electron chi connectivity index (χ0n) is 22.9. The molecule has 6 rings (SSSR count). The lowest BCUT2D eigenvalue weighted by Gasteiger charge is -2.56. The van der Waals surface area contributed by atoms with Crippen LogP contribution in [-0.2, 0) is 10.2 Å². The average Bonchev–Trinajstić information content (AvgIpc) is 3.76. The predicted octanol–water partition coefficient (Wildman–Crippen LogP) is 5.03. The molecule has 0 bridgehead atoms. The molecule has 6 nitrogen and oxygen atoms in total. The number of amides is 1. The minimum Gasteiger partial charge on any atom is -0.427 e. The Morgan fingerprint density at radius 3 is 2.62 bits per heavy atom. The highest BCUT2D eigenvalue weighted by atomic mass is 16.5. The van der Waals surface area contributed by atoms with Crippen LogP contribution in [0, 0.1) is 11.8 Å². The van der Waals surface area contributed by atoms with Crippen LogP contribution in [0.4, 0.5) is 0 Å². The van der Waals surface area contributed by atoms with Gasteiger partial charge in [0.05, 0.1) is 6.10 Å². The molecule has 1 heterocycles. The zero-order valence-corrected chi connectivity index (χ0v) is 22.9. The van der Waals surface area contributed by atoms with E-state index in [1.165, 1.54) is 19.8 Å². The lowest BCUT2D eigenvalue weighted by Crippen LogP contribution is -2.61. The number of nitrogens with zero attached hydrogens (tertiary/aromatic N) is 2. The topological polar surface area (TPSA) is 70.1 Å². The lowest BCUT2D eigenvalue weighted by molar-refractivity contribution is -0.131. The summed E-state index contributed by atoms with van der Waals surface area (Å²) in [4.78, 5) is 29.8. The number of fused-ring (bicyclic) bond motifs is 2. The quantitative estimate of drug-likeness (QED) is 0.360. The van der Waals surface area contributed by atoms with E-state index < -0.39 is 6.10 Å². The number of carbonyl (C=O) groups is 2. The van der Waals surface area contributed by atoms with Crippen molar-refractivity contribution in [3.8, 4) is 5.75 Å². The molecule has 39 heavy (non-hydrogen) atoms. The van der Waals surface area contributed by atoms with Crippen molar-refractivity contribution >= 4 is 22.6 Å². The largest absolute Gasteiger partial charge is 0.427 e. The molecule has 1 N–H and O–H groups in total. The summed E-state index contributed by atoms with van der Waals surface area (Å²) in [6.45, 7) is 4.34. The maximum Gasteiger partial charge on any atom is 0.308 e. The van der Waals surface area contributed by atoms with Gasteiger partial charge in [-0.3, -0.25) is 9.59 Å². The molecular formula is C33H38N2O4. The first-order valence-electron chi connectivity index (χ1n) is 14.3. The van der Waals surface area contributed by atoms with Gasteiger partial charge in [0.15, 0.2) is 0 Å². The van der Waals surface area contributed by atoms with Crippen LogP contribution in [0.2, 0.25) is 0 Å². The first kappa shape index (κ1) is 26.0. The number of carbonyl (C=O) groups excluding carboxylic acids is 2. The molecule has 3 aromatic carbocycles. The highest BCUT2D eigenvalue weighted by Gasteiger charge is 2.53. The van der Waals surface area contributed by atoms with Crippen molar-refractivity contribution < 1.29 is 19.4 Å². The molecule has 2 aliphatic carbocycles. The summed E-state index contributed by atoms with van der Waals surface area (Å²) >= 11 is 0. The minimum atomic E-state index is -0.532. The summed E-state index contributed by atoms with van der Waals surface area (Å²) in [6.07, 6.45) is 4.31. The number of hydrogen-bond donors (Lipinski definition) is 1. The van der Waals surface area contributed by atoms with Crippen LogP contribution in [0.5, 0.6) is 5.75 Å². The molecule has 2 saturated carbocycles. The normalized spacial score (nSPS) is 27.1. The summed E-state index contributed by atoms with van der Waals surface area (Å²) in [5.74, 6) is 1.02. The standard InChI is InChI=1S/C33H38N2O4/c1-22(36)39-29-9-5-8-27(17-29)33-14-15-35(20-23-10-11-23)21-30(33)31(37)18-28(19-33)34(2)32(38)26-13-12-24-6-3-4-7-25(24)16-26/h3-9,12-13,16-17,23,28,30-31,37H,10-11,14-15,18-21H2,1-2H3/t28-,30+,31?,33+/m1/s1. The van der Waals surface area contributed by atoms with Crippen molar-refractivity contribution in [3.63, 3.8) is 0 Å². The van der Waals surface area contributed by atoms with Crippen molar-refractivity contribution in [2.45, 2.75) is 56.6 Å². The smallest absolute Gasteiger partial charge is 0.308 e. The van der Waals surface area contributed by atoms with Crippen LogP contribution in [0.15, 0.2) is 66.7 Å². The van der Waals surface area contributed by atoms with Crippen LogP contribution >= 0.6 is 0 Å². The number of ether oxygens (including phenoxy) is 1. The fraction of sp³-hybridized carbons (Fsp3) is 0.455. The van der Waals surface area contributed by atoms with Gasteiger partial charge in [-0.25, -0.2) is 0 Å². The van der Waals surface area contributed by atoms with E-state index in [0.717, 1.165) is 54.7 Å². The molecule has 3 aliphatic rings. The molecule has 0 radical (unpaired) electrons. The fourth-order valence-corrected chi connectivity index (χ4v) is 7.11. The van der Waals surface area contributed by atoms with E-state index in [1.54, 1.807) is 0 Å². The Morgan fingerprint density at radius 1 is 1.05 bits per heavy atom. The van der Waals surface area contributed by atoms with E-state index in [1.807, 2.05) is 72.6 Å². The van der Waals surface area contributed by atoms with Crippen molar-refractivity contribution in [3.05, 3.63) is 77.9 Å². The maximum absolute atomic E-state index is 13.7. The third kappa shape index (κ3) is 5.20. The number of likely N-dealkylation sites (tertiary alicyclic amines) is 1. The SMILES string of the molecule is CC(=O)Oc1cccc([C@@]23CCN(CC4CC4)C[C@H]2C(O)C[C@@H](N(C)C(=O)c2ccc4ccccc4c2)C3)c1. The van der Waals surface area contributed by atoms with Crippen molar-refractivity contribution in [2.75, 3.05) is 26.7 Å². The molecule has 204 valence electrons. The second kappa shape index (κ2) is 10.4. The molecule has 3 fully saturated rings. The maximum atomic E-state index is 13.7. The minimum absolute atomic E-state index is 0.0219. The van der Waals surface area contributed by atoms with Gasteiger partial charge in [0, 0.05) is 50.0 Å². The number of benzene rings is 3. The predicted molar refractivity (Wildman–Crippen MR) is 152 cm³/mol. The van der Waals surface area contributed by atoms with E-state index in [4.69, 9.17) is 4.74 Å². The summed E-state index contributed by atoms with van der Waals surface area (Å²) in [5, 5.41) is 13.8. The zero-order chi connectivity index (χ0) is 27.1. The van der Waals surface area contributed by atoms with Crippen LogP contribution in [0.25, 0.3) is 10.8 Å². The summed E-state index contributed by atoms with van der Waals surface area (Å²) < 4.78 is 5.46. The van der Waals surface area contributed by atoms with E-state index in [-0.39, 0.29) is 29.3 Å². The van der Waals surface area contributed by atoms with Crippen molar-refractivity contribution in [2.24, 2.45) is 11.8 Å². The summed E-state index contributed by atoms with van der Waals surface area (Å²) in [7, 11) is 1.88. The van der Waals surface area contributed by atoms with Crippen molar-refractivity contribution in [1.29, 1.82) is 0 Å². The van der Waals surface area contributed by atoms with Gasteiger partial charge in [-0.2, -0.15) is 0 Å². The molecular weight excluding hydrogens is 488 g/mol. The van der Waals surface area contributed by atoms with Gasteiger partial charge in [-0.1, -0.05) is 42.5 Å². The Kier molecular flexibility index (Phi) is 6.94. The number of hydrogen-bond acceptors (Lipinski definition) is 5. The van der Waals surface area contributed by atoms with Crippen LogP contribution in [-0.4, -0.2) is 65.6 Å². The van der Waals surface area contributed by atoms with Gasteiger partial charge in [0.2, 0.25) is 0 Å². The van der Waals surface area contributed by atoms with Gasteiger partial charge >= 0.3 is 5.97 Å². The number of piperidine rings is 1. The highest BCUT2D eigenvalue weighted by Crippen LogP contribution is 2.51. The molecule has 4 atom stereocenters. The van der Waals surface area contributed by atoms with Crippen LogP contribution < -0.4 is 4.74 Å². The highest BCUT2D eigenvalue weighted by molar-refractivity contribution is 5.98. The first-order chi connectivity index (χ1) is 18.8. The van der Waals surface area contributed by atoms with Crippen LogP contribution in [0.1, 0.15) is 54.9 Å². The van der Waals surface area contributed by atoms with E-state index in [0.29, 0.717) is 17.7 Å². The van der Waals surface area contributed by atoms with E-state index in [2.05, 4.69) is 11.0 Å². The summed E-state index contributed by atoms with van der Waals surface area (Å²) in [5.41, 5.74) is 1.45. The monoisotopic (exact) mass is 526 g/mol. The van der Waals surface area contributed by atoms with Gasteiger partial charge in [-0.05, 0) is 85.2 Å². The first-order valence-corrected chi connectivity index (χ1v) is 14.3. The van der Waals surface area contributed by atoms with E-state index >= 15 is 0 Å². The Balaban J connectivity index is 1.31. The lowest BCUT2D eigenvalue weighted by atomic mass is 9.56. The Morgan fingerprint density at radius 2 is 1.85 bits per heavy atom. The average molecular weight is 527 g/mol. The number of rotatable bonds is 6. The summed E-state index contributed by atoms with van der Waals surface area (Å²) in [6, 6.07) is 21.7. The molecule has 1 saturated heterocycles. The molecule has 1 amide bonds. The van der Waals surface area contributed by atoms with Gasteiger partial charge in [-0.15, -0.1) is 0 Å². The van der Waals surface area contributed by atoms with E-state index in [9.17, 15) is 14.7 Å². The molecule has 1 aliphatic heterocycles. The third-order valence-electron chi connectivity index (χ3n) is 9.37. The van der Waals surface area contributed by atoms with Crippen molar-refractivity contribution in [1.82, 2.24) is 9.80 Å².